The van der Waals surface area contributed by atoms with Gasteiger partial charge in [0, 0.05) is 10.7 Å². The number of halogens is 3. The van der Waals surface area contributed by atoms with Crippen molar-refractivity contribution in [1.29, 1.82) is 5.26 Å². The summed E-state index contributed by atoms with van der Waals surface area (Å²) in [5.74, 6) is -0.995. The van der Waals surface area contributed by atoms with Gasteiger partial charge in [-0.05, 0) is 12.1 Å². The Morgan fingerprint density at radius 3 is 2.43 bits per heavy atom. The normalized spacial score (nSPS) is 11.0. The van der Waals surface area contributed by atoms with Gasteiger partial charge in [-0.1, -0.05) is 11.6 Å². The van der Waals surface area contributed by atoms with Crippen molar-refractivity contribution in [2.75, 3.05) is 0 Å². The van der Waals surface area contributed by atoms with E-state index in [9.17, 15) is 12.8 Å². The third kappa shape index (κ3) is 2.15. The molecule has 3 nitrogen and oxygen atoms in total. The van der Waals surface area contributed by atoms with E-state index in [0.29, 0.717) is 0 Å². The fraction of sp³-hybridized carbons (Fsp3) is 0. The van der Waals surface area contributed by atoms with Crippen LogP contribution in [-0.4, -0.2) is 8.42 Å². The number of hydrogen-bond donors (Lipinski definition) is 0. The van der Waals surface area contributed by atoms with Gasteiger partial charge in [-0.2, -0.15) is 5.26 Å². The van der Waals surface area contributed by atoms with Gasteiger partial charge >= 0.3 is 0 Å². The van der Waals surface area contributed by atoms with Gasteiger partial charge in [0.2, 0.25) is 0 Å². The lowest BCUT2D eigenvalue weighted by Gasteiger charge is -2.01. The van der Waals surface area contributed by atoms with E-state index >= 15 is 0 Å². The van der Waals surface area contributed by atoms with Crippen LogP contribution in [-0.2, 0) is 9.05 Å². The van der Waals surface area contributed by atoms with Gasteiger partial charge in [0.15, 0.2) is 0 Å². The second-order valence-electron chi connectivity index (χ2n) is 2.32. The predicted molar refractivity (Wildman–Crippen MR) is 49.2 cm³/mol. The van der Waals surface area contributed by atoms with Gasteiger partial charge in [-0.15, -0.1) is 0 Å². The average molecular weight is 254 g/mol. The third-order valence-corrected chi connectivity index (χ3v) is 3.23. The second kappa shape index (κ2) is 3.73. The smallest absolute Gasteiger partial charge is 0.207 e. The Bertz CT molecular complexity index is 521. The maximum atomic E-state index is 13.0. The van der Waals surface area contributed by atoms with Crippen LogP contribution in [0.4, 0.5) is 4.39 Å². The van der Waals surface area contributed by atoms with E-state index in [2.05, 4.69) is 0 Å². The van der Waals surface area contributed by atoms with Gasteiger partial charge in [0.05, 0.1) is 16.7 Å². The molecule has 14 heavy (non-hydrogen) atoms. The summed E-state index contributed by atoms with van der Waals surface area (Å²) in [5, 5.41) is 7.83. The molecule has 1 aromatic carbocycles. The van der Waals surface area contributed by atoms with E-state index in [1.807, 2.05) is 0 Å². The van der Waals surface area contributed by atoms with E-state index in [-0.39, 0.29) is 5.56 Å². The average Bonchev–Trinajstić information content (AvgIpc) is 2.07. The summed E-state index contributed by atoms with van der Waals surface area (Å²) < 4.78 is 34.7. The molecule has 1 rings (SSSR count). The molecule has 0 N–H and O–H groups in total. The second-order valence-corrected chi connectivity index (χ2v) is 5.23. The number of benzene rings is 1. The number of nitrogens with zero attached hydrogens (tertiary/aromatic N) is 1. The molecule has 74 valence electrons. The van der Waals surface area contributed by atoms with Crippen molar-refractivity contribution < 1.29 is 12.8 Å². The number of hydrogen-bond acceptors (Lipinski definition) is 3. The summed E-state index contributed by atoms with van der Waals surface area (Å²) in [6, 6.07) is 3.32. The Morgan fingerprint density at radius 2 is 2.00 bits per heavy atom. The monoisotopic (exact) mass is 253 g/mol. The van der Waals surface area contributed by atoms with Gasteiger partial charge in [0.25, 0.3) is 9.05 Å². The molecule has 0 amide bonds. The maximum absolute atomic E-state index is 13.0. The molecule has 0 saturated carbocycles. The summed E-state index contributed by atoms with van der Waals surface area (Å²) in [6.07, 6.45) is 0. The first-order chi connectivity index (χ1) is 6.36. The highest BCUT2D eigenvalue weighted by Gasteiger charge is 2.19. The third-order valence-electron chi connectivity index (χ3n) is 1.39. The molecule has 0 aliphatic rings. The van der Waals surface area contributed by atoms with Gasteiger partial charge in [-0.25, -0.2) is 12.8 Å². The van der Waals surface area contributed by atoms with E-state index in [1.165, 1.54) is 0 Å². The fourth-order valence-electron chi connectivity index (χ4n) is 0.806. The van der Waals surface area contributed by atoms with Crippen LogP contribution in [0.15, 0.2) is 17.0 Å². The SMILES string of the molecule is N#Cc1cc(F)c(Cl)c(S(=O)(=O)Cl)c1. The lowest BCUT2D eigenvalue weighted by Crippen LogP contribution is -1.95. The van der Waals surface area contributed by atoms with Crippen LogP contribution in [0.3, 0.4) is 0 Å². The van der Waals surface area contributed by atoms with Crippen LogP contribution in [0.5, 0.6) is 0 Å². The zero-order valence-corrected chi connectivity index (χ0v) is 8.79. The molecule has 0 saturated heterocycles. The number of nitriles is 1. The van der Waals surface area contributed by atoms with Crippen LogP contribution in [0, 0.1) is 17.1 Å². The quantitative estimate of drug-likeness (QED) is 0.722. The van der Waals surface area contributed by atoms with Crippen LogP contribution in [0.1, 0.15) is 5.56 Å². The molecule has 0 radical (unpaired) electrons. The van der Waals surface area contributed by atoms with Crippen molar-refractivity contribution >= 4 is 31.3 Å². The lowest BCUT2D eigenvalue weighted by molar-refractivity contribution is 0.602. The zero-order chi connectivity index (χ0) is 10.9. The van der Waals surface area contributed by atoms with Crippen LogP contribution < -0.4 is 0 Å². The summed E-state index contributed by atoms with van der Waals surface area (Å²) >= 11 is 5.36. The van der Waals surface area contributed by atoms with E-state index < -0.39 is 24.8 Å². The van der Waals surface area contributed by atoms with Crippen molar-refractivity contribution in [3.05, 3.63) is 28.5 Å². The first-order valence-electron chi connectivity index (χ1n) is 3.20. The van der Waals surface area contributed by atoms with Crippen molar-refractivity contribution in [2.24, 2.45) is 0 Å². The minimum Gasteiger partial charge on any atom is -0.207 e. The standard InChI is InChI=1S/C7H2Cl2FNO2S/c8-7-5(10)1-4(3-11)2-6(7)14(9,12)13/h1-2H. The van der Waals surface area contributed by atoms with Crippen molar-refractivity contribution in [3.8, 4) is 6.07 Å². The van der Waals surface area contributed by atoms with Crippen LogP contribution >= 0.6 is 22.3 Å². The van der Waals surface area contributed by atoms with Crippen LogP contribution in [0.25, 0.3) is 0 Å². The summed E-state index contributed by atoms with van der Waals surface area (Å²) in [4.78, 5) is -0.600. The van der Waals surface area contributed by atoms with Crippen molar-refractivity contribution in [2.45, 2.75) is 4.90 Å². The molecule has 0 spiro atoms. The molecule has 0 aliphatic carbocycles. The highest BCUT2D eigenvalue weighted by molar-refractivity contribution is 8.13. The summed E-state index contributed by atoms with van der Waals surface area (Å²) in [5.41, 5.74) is -0.161. The minimum atomic E-state index is -4.14. The maximum Gasteiger partial charge on any atom is 0.262 e. The summed E-state index contributed by atoms with van der Waals surface area (Å²) in [7, 11) is 0.837. The van der Waals surface area contributed by atoms with E-state index in [0.717, 1.165) is 12.1 Å². The Balaban J connectivity index is 3.61. The Kier molecular flexibility index (Phi) is 3.00. The molecule has 0 aliphatic heterocycles. The molecule has 0 bridgehead atoms. The Morgan fingerprint density at radius 1 is 1.43 bits per heavy atom. The van der Waals surface area contributed by atoms with Crippen molar-refractivity contribution in [3.63, 3.8) is 0 Å². The van der Waals surface area contributed by atoms with Gasteiger partial charge in [-0.3, -0.25) is 0 Å². The predicted octanol–water partition coefficient (Wildman–Crippen LogP) is 2.28. The van der Waals surface area contributed by atoms with E-state index in [1.54, 1.807) is 6.07 Å². The number of rotatable bonds is 1. The topological polar surface area (TPSA) is 57.9 Å². The highest BCUT2D eigenvalue weighted by Crippen LogP contribution is 2.28. The molecular formula is C7H2Cl2FNO2S. The van der Waals surface area contributed by atoms with E-state index in [4.69, 9.17) is 27.5 Å². The molecule has 1 aromatic rings. The molecule has 7 heteroatoms. The molecule has 0 atom stereocenters. The lowest BCUT2D eigenvalue weighted by atomic mass is 10.2. The van der Waals surface area contributed by atoms with Gasteiger partial charge < -0.3 is 0 Å². The first kappa shape index (κ1) is 11.2. The minimum absolute atomic E-state index is 0.161. The fourth-order valence-corrected chi connectivity index (χ4v) is 2.28. The highest BCUT2D eigenvalue weighted by atomic mass is 35.7. The zero-order valence-electron chi connectivity index (χ0n) is 6.46. The largest absolute Gasteiger partial charge is 0.262 e. The molecular weight excluding hydrogens is 252 g/mol. The Labute approximate surface area is 89.1 Å². The Hall–Kier alpha value is -0.830. The van der Waals surface area contributed by atoms with Gasteiger partial charge in [0.1, 0.15) is 10.7 Å². The summed E-state index contributed by atoms with van der Waals surface area (Å²) in [6.45, 7) is 0. The van der Waals surface area contributed by atoms with Crippen molar-refractivity contribution in [1.82, 2.24) is 0 Å². The molecule has 0 unspecified atom stereocenters. The molecule has 0 heterocycles. The molecule has 0 aromatic heterocycles. The van der Waals surface area contributed by atoms with Crippen LogP contribution in [0.2, 0.25) is 5.02 Å². The first-order valence-corrected chi connectivity index (χ1v) is 5.89. The molecule has 0 fully saturated rings.